The van der Waals surface area contributed by atoms with Gasteiger partial charge in [-0.05, 0) is 85.5 Å². The van der Waals surface area contributed by atoms with Crippen LogP contribution >= 0.6 is 0 Å². The summed E-state index contributed by atoms with van der Waals surface area (Å²) in [6, 6.07) is 18.0. The minimum Gasteiger partial charge on any atom is -0.424 e. The van der Waals surface area contributed by atoms with Crippen molar-refractivity contribution in [3.8, 4) is 22.3 Å². The predicted octanol–water partition coefficient (Wildman–Crippen LogP) is 5.10. The standard InChI is InChI=1S/C42H42N12O4/c1-23-19-52(20-24(2)47-23)40(56)34-18-46-38-30(14-29(22-54(34)38)27-5-8-36-32(16-27)49-42(44)58-36)25(3)50-10-12-51(13-11-50)39(55)33-17-45-37-9-6-28(21-53(33)37)26-4-7-35-31(15-26)48-41(43)57-35/h4-9,14-18,21-25,47H,10-13,19-20H2,1-3H3,(H2,43,48)(H2,44,49). The minimum atomic E-state index is -0.0912. The maximum Gasteiger partial charge on any atom is 0.292 e. The lowest BCUT2D eigenvalue weighted by atomic mass is 10.0. The molecule has 8 heterocycles. The minimum absolute atomic E-state index is 0.0592. The van der Waals surface area contributed by atoms with Crippen LogP contribution in [-0.4, -0.2) is 107 Å². The number of piperazine rings is 2. The highest BCUT2D eigenvalue weighted by molar-refractivity contribution is 5.95. The number of nitrogens with zero attached hydrogens (tertiary/aromatic N) is 9. The number of carbonyl (C=O) groups excluding carboxylic acids is 2. The molecule has 2 saturated heterocycles. The van der Waals surface area contributed by atoms with Crippen molar-refractivity contribution in [2.45, 2.75) is 38.9 Å². The number of hydrogen-bond acceptors (Lipinski definition) is 12. The molecule has 0 spiro atoms. The fraction of sp³-hybridized carbons (Fsp3) is 0.286. The van der Waals surface area contributed by atoms with Crippen molar-refractivity contribution in [3.63, 3.8) is 0 Å². The Hall–Kier alpha value is -6.78. The zero-order chi connectivity index (χ0) is 39.8. The molecule has 0 radical (unpaired) electrons. The Morgan fingerprint density at radius 1 is 0.707 bits per heavy atom. The molecule has 58 heavy (non-hydrogen) atoms. The molecule has 0 saturated carbocycles. The molecule has 5 N–H and O–H groups in total. The first-order valence-corrected chi connectivity index (χ1v) is 19.5. The molecule has 8 aromatic rings. The summed E-state index contributed by atoms with van der Waals surface area (Å²) in [7, 11) is 0. The van der Waals surface area contributed by atoms with Gasteiger partial charge in [0.1, 0.15) is 33.7 Å². The number of fused-ring (bicyclic) bond motifs is 4. The van der Waals surface area contributed by atoms with Crippen LogP contribution in [0.1, 0.15) is 53.4 Å². The first-order chi connectivity index (χ1) is 28.1. The van der Waals surface area contributed by atoms with Crippen molar-refractivity contribution in [2.24, 2.45) is 0 Å². The van der Waals surface area contributed by atoms with Crippen LogP contribution in [0.4, 0.5) is 12.0 Å². The van der Waals surface area contributed by atoms with Crippen LogP contribution < -0.4 is 16.8 Å². The number of oxazole rings is 2. The fourth-order valence-corrected chi connectivity index (χ4v) is 8.62. The topological polar surface area (TPSA) is 195 Å². The van der Waals surface area contributed by atoms with Gasteiger partial charge in [-0.3, -0.25) is 23.3 Å². The van der Waals surface area contributed by atoms with E-state index in [1.807, 2.05) is 79.5 Å². The summed E-state index contributed by atoms with van der Waals surface area (Å²) in [5, 5.41) is 3.51. The van der Waals surface area contributed by atoms with Crippen LogP contribution in [0.25, 0.3) is 55.7 Å². The van der Waals surface area contributed by atoms with E-state index in [-0.39, 0.29) is 42.0 Å². The van der Waals surface area contributed by atoms with E-state index in [4.69, 9.17) is 25.3 Å². The van der Waals surface area contributed by atoms with E-state index in [2.05, 4.69) is 52.0 Å². The second-order valence-corrected chi connectivity index (χ2v) is 15.5. The Balaban J connectivity index is 0.928. The lowest BCUT2D eigenvalue weighted by Crippen LogP contribution is -2.56. The Morgan fingerprint density at radius 2 is 1.28 bits per heavy atom. The third kappa shape index (κ3) is 6.17. The lowest BCUT2D eigenvalue weighted by molar-refractivity contribution is 0.0576. The van der Waals surface area contributed by atoms with E-state index < -0.39 is 0 Å². The lowest BCUT2D eigenvalue weighted by Gasteiger charge is -2.38. The molecule has 0 bridgehead atoms. The van der Waals surface area contributed by atoms with Crippen molar-refractivity contribution in [2.75, 3.05) is 50.7 Å². The van der Waals surface area contributed by atoms with Crippen LogP contribution in [0.15, 0.2) is 88.2 Å². The number of amides is 2. The third-order valence-corrected chi connectivity index (χ3v) is 11.5. The highest BCUT2D eigenvalue weighted by Gasteiger charge is 2.31. The van der Waals surface area contributed by atoms with Crippen molar-refractivity contribution in [3.05, 3.63) is 96.3 Å². The molecule has 2 aliphatic heterocycles. The summed E-state index contributed by atoms with van der Waals surface area (Å²) in [6.45, 7) is 9.89. The van der Waals surface area contributed by atoms with Crippen LogP contribution in [0.2, 0.25) is 0 Å². The van der Waals surface area contributed by atoms with E-state index >= 15 is 0 Å². The molecule has 0 aliphatic carbocycles. The Labute approximate surface area is 332 Å². The van der Waals surface area contributed by atoms with Gasteiger partial charge in [-0.25, -0.2) is 9.97 Å². The SMILES string of the molecule is CC1CN(C(=O)c2cnc3c(C(C)N4CCN(C(=O)c5cnc6ccc(-c7ccc8oc(N)nc8c7)cn56)CC4)cc(-c4ccc5oc(N)nc5c4)cn23)CC(C)N1. The molecule has 2 fully saturated rings. The van der Waals surface area contributed by atoms with E-state index in [1.165, 1.54) is 0 Å². The molecule has 2 amide bonds. The zero-order valence-electron chi connectivity index (χ0n) is 32.3. The number of nitrogens with one attached hydrogen (secondary N) is 1. The summed E-state index contributed by atoms with van der Waals surface area (Å²) in [4.78, 5) is 52.4. The molecule has 2 aliphatic rings. The Bertz CT molecular complexity index is 2890. The van der Waals surface area contributed by atoms with Gasteiger partial charge in [0, 0.05) is 75.4 Å². The van der Waals surface area contributed by atoms with Crippen LogP contribution in [0.3, 0.4) is 0 Å². The van der Waals surface area contributed by atoms with Crippen molar-refractivity contribution in [1.82, 2.24) is 48.8 Å². The van der Waals surface area contributed by atoms with Gasteiger partial charge >= 0.3 is 0 Å². The highest BCUT2D eigenvalue weighted by Crippen LogP contribution is 2.33. The van der Waals surface area contributed by atoms with Gasteiger partial charge in [0.15, 0.2) is 11.2 Å². The molecule has 16 nitrogen and oxygen atoms in total. The quantitative estimate of drug-likeness (QED) is 0.202. The first kappa shape index (κ1) is 35.6. The van der Waals surface area contributed by atoms with Crippen LogP contribution in [0, 0.1) is 0 Å². The average Bonchev–Trinajstić information content (AvgIpc) is 4.02. The number of anilines is 2. The maximum absolute atomic E-state index is 14.1. The van der Waals surface area contributed by atoms with Gasteiger partial charge in [-0.1, -0.05) is 12.1 Å². The molecule has 2 aromatic carbocycles. The van der Waals surface area contributed by atoms with E-state index in [9.17, 15) is 9.59 Å². The molecule has 3 atom stereocenters. The van der Waals surface area contributed by atoms with Crippen molar-refractivity contribution < 1.29 is 18.4 Å². The summed E-state index contributed by atoms with van der Waals surface area (Å²) in [6.07, 6.45) is 7.24. The van der Waals surface area contributed by atoms with Gasteiger partial charge in [-0.2, -0.15) is 9.97 Å². The number of imidazole rings is 2. The number of nitrogen functional groups attached to an aromatic ring is 2. The number of carbonyl (C=O) groups is 2. The van der Waals surface area contributed by atoms with Gasteiger partial charge < -0.3 is 35.4 Å². The molecule has 3 unspecified atom stereocenters. The van der Waals surface area contributed by atoms with Crippen LogP contribution in [-0.2, 0) is 0 Å². The number of nitrogens with two attached hydrogens (primary N) is 2. The smallest absolute Gasteiger partial charge is 0.292 e. The maximum atomic E-state index is 14.1. The average molecular weight is 779 g/mol. The van der Waals surface area contributed by atoms with Crippen molar-refractivity contribution in [1.29, 1.82) is 0 Å². The third-order valence-electron chi connectivity index (χ3n) is 11.5. The number of hydrogen-bond donors (Lipinski definition) is 3. The van der Waals surface area contributed by atoms with E-state index in [1.54, 1.807) is 12.4 Å². The monoisotopic (exact) mass is 778 g/mol. The summed E-state index contributed by atoms with van der Waals surface area (Å²) in [5.74, 6) is -0.144. The number of rotatable bonds is 6. The van der Waals surface area contributed by atoms with Gasteiger partial charge in [-0.15, -0.1) is 0 Å². The molecule has 10 rings (SSSR count). The number of pyridine rings is 2. The molecule has 16 heteroatoms. The molecule has 294 valence electrons. The number of benzene rings is 2. The largest absolute Gasteiger partial charge is 0.424 e. The summed E-state index contributed by atoms with van der Waals surface area (Å²) < 4.78 is 14.8. The second kappa shape index (κ2) is 13.7. The Kier molecular flexibility index (Phi) is 8.42. The molecule has 6 aromatic heterocycles. The van der Waals surface area contributed by atoms with Gasteiger partial charge in [0.2, 0.25) is 0 Å². The van der Waals surface area contributed by atoms with E-state index in [0.717, 1.165) is 27.8 Å². The van der Waals surface area contributed by atoms with Gasteiger partial charge in [0.05, 0.1) is 12.4 Å². The van der Waals surface area contributed by atoms with Crippen LogP contribution in [0.5, 0.6) is 0 Å². The second-order valence-electron chi connectivity index (χ2n) is 15.5. The highest BCUT2D eigenvalue weighted by atomic mass is 16.4. The fourth-order valence-electron chi connectivity index (χ4n) is 8.62. The van der Waals surface area contributed by atoms with Gasteiger partial charge in [0.25, 0.3) is 23.8 Å². The first-order valence-electron chi connectivity index (χ1n) is 19.5. The predicted molar refractivity (Wildman–Crippen MR) is 219 cm³/mol. The van der Waals surface area contributed by atoms with E-state index in [0.29, 0.717) is 84.2 Å². The number of aromatic nitrogens is 6. The molecular weight excluding hydrogens is 737 g/mol. The normalized spacial score (nSPS) is 18.5. The van der Waals surface area contributed by atoms with Crippen molar-refractivity contribution >= 4 is 57.3 Å². The molecular formula is C42H42N12O4. The zero-order valence-corrected chi connectivity index (χ0v) is 32.3. The Morgan fingerprint density at radius 3 is 1.95 bits per heavy atom. The summed E-state index contributed by atoms with van der Waals surface area (Å²) >= 11 is 0. The summed E-state index contributed by atoms with van der Waals surface area (Å²) in [5.41, 5.74) is 21.2.